The van der Waals surface area contributed by atoms with Crippen molar-refractivity contribution in [2.75, 3.05) is 6.61 Å². The van der Waals surface area contributed by atoms with E-state index in [1.165, 1.54) is 0 Å². The second-order valence-corrected chi connectivity index (χ2v) is 5.69. The molecule has 8 nitrogen and oxygen atoms in total. The van der Waals surface area contributed by atoms with Crippen LogP contribution >= 0.6 is 0 Å². The number of nitrogens with one attached hydrogen (secondary N) is 2. The molecule has 2 N–H and O–H groups in total. The third-order valence-electron chi connectivity index (χ3n) is 3.97. The van der Waals surface area contributed by atoms with Crippen LogP contribution < -0.4 is 5.32 Å². The molecular formula is C15H22N6O2. The molecule has 1 aliphatic heterocycles. The Hall–Kier alpha value is -2.22. The maximum absolute atomic E-state index is 12.3. The van der Waals surface area contributed by atoms with Gasteiger partial charge in [-0.05, 0) is 26.7 Å². The highest BCUT2D eigenvalue weighted by molar-refractivity contribution is 5.78. The van der Waals surface area contributed by atoms with Crippen LogP contribution in [0.5, 0.6) is 0 Å². The highest BCUT2D eigenvalue weighted by atomic mass is 16.5. The molecule has 1 fully saturated rings. The van der Waals surface area contributed by atoms with Gasteiger partial charge in [-0.25, -0.2) is 9.97 Å². The SMILES string of the molecule is CCn1ccnc1[C@@H]1OCCC[C@H]1NC(=O)Cc1n[nH]c(C)n1. The summed E-state index contributed by atoms with van der Waals surface area (Å²) in [5, 5.41) is 9.80. The van der Waals surface area contributed by atoms with Gasteiger partial charge in [0.15, 0.2) is 5.82 Å². The predicted octanol–water partition coefficient (Wildman–Crippen LogP) is 0.909. The van der Waals surface area contributed by atoms with E-state index in [1.807, 2.05) is 17.7 Å². The monoisotopic (exact) mass is 318 g/mol. The maximum atomic E-state index is 12.3. The summed E-state index contributed by atoms with van der Waals surface area (Å²) in [6, 6.07) is -0.0796. The molecule has 0 unspecified atom stereocenters. The van der Waals surface area contributed by atoms with E-state index in [-0.39, 0.29) is 24.5 Å². The zero-order chi connectivity index (χ0) is 16.2. The van der Waals surface area contributed by atoms with Gasteiger partial charge in [-0.3, -0.25) is 9.89 Å². The average Bonchev–Trinajstić information content (AvgIpc) is 3.16. The standard InChI is InChI=1S/C15H22N6O2/c1-3-21-7-6-16-15(21)14-11(5-4-8-23-14)18-13(22)9-12-17-10(2)19-20-12/h6-7,11,14H,3-5,8-9H2,1-2H3,(H,18,22)(H,17,19,20)/t11-,14-/m1/s1. The van der Waals surface area contributed by atoms with Crippen molar-refractivity contribution in [3.05, 3.63) is 29.9 Å². The molecule has 8 heteroatoms. The largest absolute Gasteiger partial charge is 0.368 e. The fourth-order valence-corrected chi connectivity index (χ4v) is 2.90. The number of aromatic nitrogens is 5. The van der Waals surface area contributed by atoms with Crippen molar-refractivity contribution in [3.8, 4) is 0 Å². The predicted molar refractivity (Wildman–Crippen MR) is 82.6 cm³/mol. The zero-order valence-corrected chi connectivity index (χ0v) is 13.5. The summed E-state index contributed by atoms with van der Waals surface area (Å²) in [6.07, 6.45) is 5.45. The highest BCUT2D eigenvalue weighted by Gasteiger charge is 2.31. The molecule has 0 bridgehead atoms. The Balaban J connectivity index is 1.68. The van der Waals surface area contributed by atoms with Gasteiger partial charge in [0.05, 0.1) is 12.5 Å². The lowest BCUT2D eigenvalue weighted by atomic mass is 10.0. The summed E-state index contributed by atoms with van der Waals surface area (Å²) >= 11 is 0. The van der Waals surface area contributed by atoms with Crippen LogP contribution in [0.25, 0.3) is 0 Å². The number of H-pyrrole nitrogens is 1. The normalized spacial score (nSPS) is 21.3. The van der Waals surface area contributed by atoms with Crippen LogP contribution in [-0.2, 0) is 22.5 Å². The van der Waals surface area contributed by atoms with Gasteiger partial charge in [0.25, 0.3) is 0 Å². The molecule has 0 aliphatic carbocycles. The first-order valence-corrected chi connectivity index (χ1v) is 7.97. The van der Waals surface area contributed by atoms with Gasteiger partial charge >= 0.3 is 0 Å². The number of nitrogens with zero attached hydrogens (tertiary/aromatic N) is 4. The van der Waals surface area contributed by atoms with Crippen molar-refractivity contribution in [3.63, 3.8) is 0 Å². The van der Waals surface area contributed by atoms with Crippen molar-refractivity contribution in [1.29, 1.82) is 0 Å². The van der Waals surface area contributed by atoms with Crippen LogP contribution in [0.3, 0.4) is 0 Å². The summed E-state index contributed by atoms with van der Waals surface area (Å²) in [5.41, 5.74) is 0. The molecule has 2 aromatic rings. The number of imidazole rings is 1. The van der Waals surface area contributed by atoms with Crippen molar-refractivity contribution in [1.82, 2.24) is 30.0 Å². The second kappa shape index (κ2) is 6.91. The first kappa shape index (κ1) is 15.7. The topological polar surface area (TPSA) is 97.7 Å². The Morgan fingerprint density at radius 1 is 1.57 bits per heavy atom. The number of rotatable bonds is 5. The molecule has 0 saturated carbocycles. The van der Waals surface area contributed by atoms with Gasteiger partial charge in [0.1, 0.15) is 17.8 Å². The van der Waals surface area contributed by atoms with E-state index in [1.54, 1.807) is 6.20 Å². The fourth-order valence-electron chi connectivity index (χ4n) is 2.90. The van der Waals surface area contributed by atoms with Crippen molar-refractivity contribution in [2.45, 2.75) is 51.8 Å². The molecule has 124 valence electrons. The van der Waals surface area contributed by atoms with Crippen LogP contribution in [0.1, 0.15) is 43.3 Å². The van der Waals surface area contributed by atoms with Crippen LogP contribution in [0.4, 0.5) is 0 Å². The van der Waals surface area contributed by atoms with Gasteiger partial charge < -0.3 is 14.6 Å². The molecule has 0 aromatic carbocycles. The smallest absolute Gasteiger partial charge is 0.228 e. The van der Waals surface area contributed by atoms with E-state index in [0.717, 1.165) is 25.2 Å². The van der Waals surface area contributed by atoms with Gasteiger partial charge in [-0.2, -0.15) is 5.10 Å². The second-order valence-electron chi connectivity index (χ2n) is 5.69. The van der Waals surface area contributed by atoms with Gasteiger partial charge in [-0.15, -0.1) is 0 Å². The Labute approximate surface area is 134 Å². The van der Waals surface area contributed by atoms with Gasteiger partial charge in [0, 0.05) is 25.5 Å². The lowest BCUT2D eigenvalue weighted by Crippen LogP contribution is -2.44. The molecule has 2 atom stereocenters. The lowest BCUT2D eigenvalue weighted by molar-refractivity contribution is -0.123. The van der Waals surface area contributed by atoms with E-state index >= 15 is 0 Å². The van der Waals surface area contributed by atoms with E-state index < -0.39 is 0 Å². The molecule has 3 rings (SSSR count). The minimum Gasteiger partial charge on any atom is -0.368 e. The molecule has 1 amide bonds. The fraction of sp³-hybridized carbons (Fsp3) is 0.600. The molecule has 3 heterocycles. The quantitative estimate of drug-likeness (QED) is 0.854. The van der Waals surface area contributed by atoms with Crippen LogP contribution in [-0.4, -0.2) is 43.3 Å². The minimum absolute atomic E-state index is 0.0796. The average molecular weight is 318 g/mol. The third-order valence-corrected chi connectivity index (χ3v) is 3.97. The summed E-state index contributed by atoms with van der Waals surface area (Å²) in [4.78, 5) is 20.8. The number of amides is 1. The number of hydrogen-bond donors (Lipinski definition) is 2. The Morgan fingerprint density at radius 3 is 3.17 bits per heavy atom. The Kier molecular flexibility index (Phi) is 4.71. The first-order chi connectivity index (χ1) is 11.2. The van der Waals surface area contributed by atoms with Crippen molar-refractivity contribution < 1.29 is 9.53 Å². The first-order valence-electron chi connectivity index (χ1n) is 7.97. The maximum Gasteiger partial charge on any atom is 0.228 e. The third kappa shape index (κ3) is 3.58. The molecule has 1 aliphatic rings. The lowest BCUT2D eigenvalue weighted by Gasteiger charge is -2.32. The van der Waals surface area contributed by atoms with Crippen LogP contribution in [0.2, 0.25) is 0 Å². The Morgan fingerprint density at radius 2 is 2.43 bits per heavy atom. The van der Waals surface area contributed by atoms with Crippen molar-refractivity contribution >= 4 is 5.91 Å². The van der Waals surface area contributed by atoms with Crippen LogP contribution in [0.15, 0.2) is 12.4 Å². The highest BCUT2D eigenvalue weighted by Crippen LogP contribution is 2.27. The zero-order valence-electron chi connectivity index (χ0n) is 13.5. The van der Waals surface area contributed by atoms with Crippen molar-refractivity contribution in [2.24, 2.45) is 0 Å². The molecule has 23 heavy (non-hydrogen) atoms. The van der Waals surface area contributed by atoms with E-state index in [0.29, 0.717) is 18.3 Å². The molecule has 2 aromatic heterocycles. The molecule has 0 radical (unpaired) electrons. The van der Waals surface area contributed by atoms with Gasteiger partial charge in [-0.1, -0.05) is 0 Å². The minimum atomic E-state index is -0.212. The van der Waals surface area contributed by atoms with E-state index in [9.17, 15) is 4.79 Å². The number of carbonyl (C=O) groups is 1. The van der Waals surface area contributed by atoms with Crippen LogP contribution in [0, 0.1) is 6.92 Å². The van der Waals surface area contributed by atoms with Gasteiger partial charge in [0.2, 0.25) is 5.91 Å². The molecular weight excluding hydrogens is 296 g/mol. The summed E-state index contributed by atoms with van der Waals surface area (Å²) in [5.74, 6) is 1.98. The summed E-state index contributed by atoms with van der Waals surface area (Å²) in [6.45, 7) is 5.39. The summed E-state index contributed by atoms with van der Waals surface area (Å²) < 4.78 is 7.95. The number of hydrogen-bond acceptors (Lipinski definition) is 5. The number of aryl methyl sites for hydroxylation is 2. The van der Waals surface area contributed by atoms with E-state index in [2.05, 4.69) is 32.4 Å². The summed E-state index contributed by atoms with van der Waals surface area (Å²) in [7, 11) is 0. The number of ether oxygens (including phenoxy) is 1. The number of carbonyl (C=O) groups excluding carboxylic acids is 1. The molecule has 0 spiro atoms. The number of aromatic amines is 1. The molecule has 1 saturated heterocycles. The van der Waals surface area contributed by atoms with E-state index in [4.69, 9.17) is 4.74 Å². The Bertz CT molecular complexity index is 664.